The Hall–Kier alpha value is -0.530. The van der Waals surface area contributed by atoms with E-state index in [9.17, 15) is 5.21 Å². The first-order valence-electron chi connectivity index (χ1n) is 5.47. The summed E-state index contributed by atoms with van der Waals surface area (Å²) in [5, 5.41) is 11.1. The molecule has 2 nitrogen and oxygen atoms in total. The summed E-state index contributed by atoms with van der Waals surface area (Å²) in [6.45, 7) is 6.05. The molecule has 0 aromatic rings. The number of rotatable bonds is 7. The molecular weight excluding hydrogens is 162 g/mol. The predicted molar refractivity (Wildman–Crippen MR) is 58.2 cm³/mol. The molecule has 13 heavy (non-hydrogen) atoms. The third-order valence-corrected chi connectivity index (χ3v) is 2.13. The fourth-order valence-corrected chi connectivity index (χ4v) is 1.18. The van der Waals surface area contributed by atoms with E-state index in [4.69, 9.17) is 0 Å². The van der Waals surface area contributed by atoms with Crippen molar-refractivity contribution in [1.29, 1.82) is 0 Å². The molecule has 0 unspecified atom stereocenters. The van der Waals surface area contributed by atoms with Crippen LogP contribution in [-0.2, 0) is 0 Å². The molecule has 2 heteroatoms. The summed E-state index contributed by atoms with van der Waals surface area (Å²) in [7, 11) is 0. The minimum atomic E-state index is 0.0932. The van der Waals surface area contributed by atoms with E-state index in [2.05, 4.69) is 6.92 Å². The number of nitrogens with zero attached hydrogens (tertiary/aromatic N) is 1. The Morgan fingerprint density at radius 3 is 2.31 bits per heavy atom. The Labute approximate surface area is 82.2 Å². The minimum absolute atomic E-state index is 0.0932. The van der Waals surface area contributed by atoms with E-state index in [1.54, 1.807) is 6.21 Å². The molecule has 0 saturated carbocycles. The van der Waals surface area contributed by atoms with Gasteiger partial charge in [-0.3, -0.25) is 0 Å². The predicted octanol–water partition coefficient (Wildman–Crippen LogP) is 3.34. The van der Waals surface area contributed by atoms with Crippen molar-refractivity contribution in [2.24, 2.45) is 0 Å². The van der Waals surface area contributed by atoms with Gasteiger partial charge in [0.05, 0.1) is 0 Å². The molecule has 0 spiro atoms. The molecule has 78 valence electrons. The van der Waals surface area contributed by atoms with Crippen LogP contribution in [0.2, 0.25) is 0 Å². The second kappa shape index (κ2) is 8.09. The number of hydroxylamine groups is 1. The largest absolute Gasteiger partial charge is 0.624 e. The normalized spacial score (nSPS) is 12.5. The second-order valence-electron chi connectivity index (χ2n) is 3.84. The zero-order valence-electron chi connectivity index (χ0n) is 9.25. The molecule has 0 N–H and O–H groups in total. The zero-order chi connectivity index (χ0) is 10.1. The van der Waals surface area contributed by atoms with Crippen molar-refractivity contribution in [2.75, 3.05) is 0 Å². The van der Waals surface area contributed by atoms with Crippen LogP contribution in [0.25, 0.3) is 0 Å². The van der Waals surface area contributed by atoms with Gasteiger partial charge in [0.15, 0.2) is 12.3 Å². The highest BCUT2D eigenvalue weighted by molar-refractivity contribution is 5.51. The highest BCUT2D eigenvalue weighted by Gasteiger charge is 1.98. The first kappa shape index (κ1) is 12.5. The Kier molecular flexibility index (Phi) is 7.76. The number of hydrogen-bond acceptors (Lipinski definition) is 1. The smallest absolute Gasteiger partial charge is 0.157 e. The average Bonchev–Trinajstić information content (AvgIpc) is 2.10. The van der Waals surface area contributed by atoms with Gasteiger partial charge in [-0.15, -0.1) is 0 Å². The Morgan fingerprint density at radius 2 is 1.77 bits per heavy atom. The van der Waals surface area contributed by atoms with Gasteiger partial charge < -0.3 is 5.21 Å². The summed E-state index contributed by atoms with van der Waals surface area (Å²) >= 11 is 0. The van der Waals surface area contributed by atoms with Crippen molar-refractivity contribution in [2.45, 2.75) is 65.3 Å². The molecular formula is C11H23NO. The maximum atomic E-state index is 11.1. The summed E-state index contributed by atoms with van der Waals surface area (Å²) in [6, 6.07) is 0.0932. The fourth-order valence-electron chi connectivity index (χ4n) is 1.18. The lowest BCUT2D eigenvalue weighted by molar-refractivity contribution is -0.488. The third kappa shape index (κ3) is 7.82. The van der Waals surface area contributed by atoms with Gasteiger partial charge in [-0.05, 0) is 20.3 Å². The Balaban J connectivity index is 3.29. The number of unbranched alkanes of at least 4 members (excludes halogenated alkanes) is 5. The quantitative estimate of drug-likeness (QED) is 0.196. The topological polar surface area (TPSA) is 26.1 Å². The van der Waals surface area contributed by atoms with Crippen LogP contribution < -0.4 is 0 Å². The molecule has 0 amide bonds. The van der Waals surface area contributed by atoms with Crippen LogP contribution in [0.4, 0.5) is 0 Å². The summed E-state index contributed by atoms with van der Waals surface area (Å²) in [4.78, 5) is 0. The highest BCUT2D eigenvalue weighted by atomic mass is 16.5. The van der Waals surface area contributed by atoms with E-state index in [1.807, 2.05) is 13.8 Å². The monoisotopic (exact) mass is 185 g/mol. The fraction of sp³-hybridized carbons (Fsp3) is 0.909. The maximum absolute atomic E-state index is 11.1. The van der Waals surface area contributed by atoms with Crippen molar-refractivity contribution >= 4 is 6.21 Å². The van der Waals surface area contributed by atoms with Crippen molar-refractivity contribution in [1.82, 2.24) is 0 Å². The van der Waals surface area contributed by atoms with Crippen LogP contribution in [0.5, 0.6) is 0 Å². The molecule has 0 aliphatic carbocycles. The first-order chi connectivity index (χ1) is 6.18. The second-order valence-corrected chi connectivity index (χ2v) is 3.84. The summed E-state index contributed by atoms with van der Waals surface area (Å²) < 4.78 is 1.06. The molecule has 0 saturated heterocycles. The van der Waals surface area contributed by atoms with Gasteiger partial charge in [-0.2, -0.15) is 0 Å². The standard InChI is InChI=1S/C11H23NO/c1-4-5-6-7-8-9-10-12(13)11(2)3/h10-11H,4-9H2,1-3H3/b12-10-. The van der Waals surface area contributed by atoms with Crippen LogP contribution in [-0.4, -0.2) is 17.0 Å². The SMILES string of the molecule is CCCCCCC/C=[N+](\[O-])C(C)C. The third-order valence-electron chi connectivity index (χ3n) is 2.13. The van der Waals surface area contributed by atoms with E-state index in [0.29, 0.717) is 0 Å². The molecule has 0 aromatic carbocycles. The van der Waals surface area contributed by atoms with Crippen LogP contribution in [0.3, 0.4) is 0 Å². The van der Waals surface area contributed by atoms with Crippen LogP contribution in [0.1, 0.15) is 59.3 Å². The minimum Gasteiger partial charge on any atom is -0.624 e. The lowest BCUT2D eigenvalue weighted by atomic mass is 10.1. The highest BCUT2D eigenvalue weighted by Crippen LogP contribution is 2.03. The molecule has 0 rings (SSSR count). The van der Waals surface area contributed by atoms with Crippen LogP contribution in [0, 0.1) is 5.21 Å². The molecule has 0 aliphatic rings. The summed E-state index contributed by atoms with van der Waals surface area (Å²) in [5.74, 6) is 0. The number of hydrogen-bond donors (Lipinski definition) is 0. The lowest BCUT2D eigenvalue weighted by Gasteiger charge is -2.06. The maximum Gasteiger partial charge on any atom is 0.157 e. The van der Waals surface area contributed by atoms with Gasteiger partial charge in [-0.1, -0.05) is 32.6 Å². The molecule has 0 fully saturated rings. The molecule has 0 radical (unpaired) electrons. The van der Waals surface area contributed by atoms with Crippen LogP contribution in [0.15, 0.2) is 0 Å². The van der Waals surface area contributed by atoms with Gasteiger partial charge >= 0.3 is 0 Å². The van der Waals surface area contributed by atoms with Crippen molar-refractivity contribution < 1.29 is 4.74 Å². The molecule has 0 aromatic heterocycles. The van der Waals surface area contributed by atoms with Gasteiger partial charge in [-0.25, -0.2) is 4.74 Å². The van der Waals surface area contributed by atoms with Gasteiger partial charge in [0.1, 0.15) is 0 Å². The molecule has 0 atom stereocenters. The Morgan fingerprint density at radius 1 is 1.15 bits per heavy atom. The van der Waals surface area contributed by atoms with Crippen molar-refractivity contribution in [3.63, 3.8) is 0 Å². The van der Waals surface area contributed by atoms with E-state index in [0.717, 1.165) is 17.6 Å². The Bertz CT molecular complexity index is 141. The summed E-state index contributed by atoms with van der Waals surface area (Å²) in [6.07, 6.45) is 9.04. The van der Waals surface area contributed by atoms with E-state index in [-0.39, 0.29) is 6.04 Å². The van der Waals surface area contributed by atoms with E-state index in [1.165, 1.54) is 25.7 Å². The van der Waals surface area contributed by atoms with E-state index < -0.39 is 0 Å². The molecule has 0 aliphatic heterocycles. The van der Waals surface area contributed by atoms with Gasteiger partial charge in [0, 0.05) is 6.42 Å². The lowest BCUT2D eigenvalue weighted by Crippen LogP contribution is -2.14. The van der Waals surface area contributed by atoms with Crippen molar-refractivity contribution in [3.8, 4) is 0 Å². The summed E-state index contributed by atoms with van der Waals surface area (Å²) in [5.41, 5.74) is 0. The average molecular weight is 185 g/mol. The van der Waals surface area contributed by atoms with E-state index >= 15 is 0 Å². The zero-order valence-corrected chi connectivity index (χ0v) is 9.25. The van der Waals surface area contributed by atoms with Gasteiger partial charge in [0.2, 0.25) is 0 Å². The van der Waals surface area contributed by atoms with Gasteiger partial charge in [0.25, 0.3) is 0 Å². The van der Waals surface area contributed by atoms with Crippen LogP contribution >= 0.6 is 0 Å². The first-order valence-corrected chi connectivity index (χ1v) is 5.47. The molecule has 0 heterocycles. The molecule has 0 bridgehead atoms. The van der Waals surface area contributed by atoms with Crippen molar-refractivity contribution in [3.05, 3.63) is 5.21 Å².